The Balaban J connectivity index is 1.88. The number of nitrogens with two attached hydrogens (primary N) is 1. The molecule has 3 N–H and O–H groups in total. The van der Waals surface area contributed by atoms with Crippen LogP contribution < -0.4 is 11.1 Å². The Labute approximate surface area is 110 Å². The zero-order valence-electron chi connectivity index (χ0n) is 11.7. The third-order valence-electron chi connectivity index (χ3n) is 5.47. The van der Waals surface area contributed by atoms with E-state index >= 15 is 0 Å². The lowest BCUT2D eigenvalue weighted by Gasteiger charge is -2.43. The fraction of sp³-hybridized carbons (Fsp3) is 0.625. The minimum Gasteiger partial charge on any atom is -0.399 e. The lowest BCUT2D eigenvalue weighted by atomic mass is 9.68. The topological polar surface area (TPSA) is 38.0 Å². The van der Waals surface area contributed by atoms with Gasteiger partial charge in [0.15, 0.2) is 0 Å². The highest BCUT2D eigenvalue weighted by Crippen LogP contribution is 2.63. The van der Waals surface area contributed by atoms with Gasteiger partial charge in [0.05, 0.1) is 0 Å². The molecule has 2 aliphatic carbocycles. The minimum absolute atomic E-state index is 0.387. The Morgan fingerprint density at radius 2 is 2.06 bits per heavy atom. The Morgan fingerprint density at radius 3 is 2.67 bits per heavy atom. The van der Waals surface area contributed by atoms with Crippen molar-refractivity contribution < 1.29 is 0 Å². The van der Waals surface area contributed by atoms with Crippen LogP contribution in [0.2, 0.25) is 0 Å². The lowest BCUT2D eigenvalue weighted by molar-refractivity contribution is 0.155. The van der Waals surface area contributed by atoms with E-state index in [4.69, 9.17) is 5.73 Å². The molecule has 18 heavy (non-hydrogen) atoms. The molecule has 0 heterocycles. The van der Waals surface area contributed by atoms with Crippen molar-refractivity contribution in [3.05, 3.63) is 24.3 Å². The summed E-state index contributed by atoms with van der Waals surface area (Å²) < 4.78 is 0. The molecule has 2 bridgehead atoms. The van der Waals surface area contributed by atoms with Gasteiger partial charge in [0.2, 0.25) is 0 Å². The molecule has 2 heteroatoms. The van der Waals surface area contributed by atoms with Crippen molar-refractivity contribution in [2.45, 2.75) is 46.1 Å². The molecular formula is C16H24N2. The number of hydrogen-bond donors (Lipinski definition) is 2. The average molecular weight is 244 g/mol. The van der Waals surface area contributed by atoms with Crippen molar-refractivity contribution in [3.63, 3.8) is 0 Å². The lowest BCUT2D eigenvalue weighted by Crippen LogP contribution is -2.45. The van der Waals surface area contributed by atoms with Crippen molar-refractivity contribution in [1.29, 1.82) is 0 Å². The molecule has 2 fully saturated rings. The zero-order chi connectivity index (χ0) is 13.0. The van der Waals surface area contributed by atoms with Crippen LogP contribution in [0.5, 0.6) is 0 Å². The highest BCUT2D eigenvalue weighted by molar-refractivity contribution is 5.55. The summed E-state index contributed by atoms with van der Waals surface area (Å²) >= 11 is 0. The number of fused-ring (bicyclic) bond motifs is 2. The van der Waals surface area contributed by atoms with Crippen LogP contribution in [0.4, 0.5) is 11.4 Å². The summed E-state index contributed by atoms with van der Waals surface area (Å²) in [6.07, 6.45) is 4.14. The summed E-state index contributed by atoms with van der Waals surface area (Å²) in [6, 6.07) is 8.71. The molecule has 0 spiro atoms. The molecule has 2 aliphatic rings. The first-order chi connectivity index (χ1) is 8.42. The Bertz CT molecular complexity index is 461. The predicted octanol–water partition coefficient (Wildman–Crippen LogP) is 3.90. The summed E-state index contributed by atoms with van der Waals surface area (Å²) in [5.41, 5.74) is 8.72. The largest absolute Gasteiger partial charge is 0.399 e. The molecule has 0 aromatic heterocycles. The highest BCUT2D eigenvalue weighted by Gasteiger charge is 2.59. The second kappa shape index (κ2) is 3.66. The number of hydrogen-bond acceptors (Lipinski definition) is 2. The van der Waals surface area contributed by atoms with Gasteiger partial charge in [-0.3, -0.25) is 0 Å². The fourth-order valence-corrected chi connectivity index (χ4v) is 4.46. The van der Waals surface area contributed by atoms with Gasteiger partial charge in [0.25, 0.3) is 0 Å². The Kier molecular flexibility index (Phi) is 2.42. The number of nitrogen functional groups attached to an aromatic ring is 1. The average Bonchev–Trinajstić information content (AvgIpc) is 2.76. The van der Waals surface area contributed by atoms with Crippen LogP contribution in [0.1, 0.15) is 40.0 Å². The van der Waals surface area contributed by atoms with Gasteiger partial charge in [-0.1, -0.05) is 26.8 Å². The van der Waals surface area contributed by atoms with Crippen LogP contribution in [0.25, 0.3) is 0 Å². The van der Waals surface area contributed by atoms with Crippen LogP contribution >= 0.6 is 0 Å². The molecule has 0 radical (unpaired) electrons. The first kappa shape index (κ1) is 11.9. The van der Waals surface area contributed by atoms with E-state index in [-0.39, 0.29) is 0 Å². The summed E-state index contributed by atoms with van der Waals surface area (Å²) in [4.78, 5) is 0. The number of benzene rings is 1. The highest BCUT2D eigenvalue weighted by atomic mass is 15.0. The maximum absolute atomic E-state index is 5.87. The quantitative estimate of drug-likeness (QED) is 0.774. The van der Waals surface area contributed by atoms with Crippen molar-refractivity contribution in [3.8, 4) is 0 Å². The van der Waals surface area contributed by atoms with Crippen LogP contribution in [0.3, 0.4) is 0 Å². The molecular weight excluding hydrogens is 220 g/mol. The van der Waals surface area contributed by atoms with Gasteiger partial charge in [-0.25, -0.2) is 0 Å². The molecule has 3 rings (SSSR count). The number of rotatable bonds is 2. The van der Waals surface area contributed by atoms with E-state index in [0.717, 1.165) is 11.6 Å². The molecule has 1 aromatic carbocycles. The predicted molar refractivity (Wildman–Crippen MR) is 77.5 cm³/mol. The fourth-order valence-electron chi connectivity index (χ4n) is 4.46. The summed E-state index contributed by atoms with van der Waals surface area (Å²) in [5, 5.41) is 3.76. The van der Waals surface area contributed by atoms with Crippen LogP contribution in [0, 0.1) is 16.7 Å². The van der Waals surface area contributed by atoms with Gasteiger partial charge in [0.1, 0.15) is 0 Å². The van der Waals surface area contributed by atoms with Gasteiger partial charge < -0.3 is 11.1 Å². The normalized spacial score (nSPS) is 36.8. The Hall–Kier alpha value is -1.18. The SMILES string of the molecule is CC12CCC(C1)C(C)(C)C2Nc1cccc(N)c1. The summed E-state index contributed by atoms with van der Waals surface area (Å²) in [5.74, 6) is 0.876. The molecule has 0 saturated heterocycles. The monoisotopic (exact) mass is 244 g/mol. The molecule has 0 amide bonds. The second-order valence-corrected chi connectivity index (χ2v) is 7.12. The Morgan fingerprint density at radius 1 is 1.28 bits per heavy atom. The number of anilines is 2. The van der Waals surface area contributed by atoms with Crippen molar-refractivity contribution in [1.82, 2.24) is 0 Å². The van der Waals surface area contributed by atoms with E-state index in [2.05, 4.69) is 32.2 Å². The van der Waals surface area contributed by atoms with E-state index in [0.29, 0.717) is 16.9 Å². The van der Waals surface area contributed by atoms with Crippen LogP contribution in [-0.2, 0) is 0 Å². The van der Waals surface area contributed by atoms with E-state index < -0.39 is 0 Å². The summed E-state index contributed by atoms with van der Waals surface area (Å²) in [7, 11) is 0. The van der Waals surface area contributed by atoms with E-state index in [1.807, 2.05) is 18.2 Å². The van der Waals surface area contributed by atoms with Gasteiger partial charge in [-0.2, -0.15) is 0 Å². The summed E-state index contributed by atoms with van der Waals surface area (Å²) in [6.45, 7) is 7.30. The van der Waals surface area contributed by atoms with Crippen LogP contribution in [-0.4, -0.2) is 6.04 Å². The molecule has 2 saturated carbocycles. The maximum Gasteiger partial charge on any atom is 0.0368 e. The zero-order valence-corrected chi connectivity index (χ0v) is 11.7. The van der Waals surface area contributed by atoms with Gasteiger partial charge in [-0.05, 0) is 54.2 Å². The smallest absolute Gasteiger partial charge is 0.0368 e. The van der Waals surface area contributed by atoms with Crippen molar-refractivity contribution in [2.24, 2.45) is 16.7 Å². The van der Waals surface area contributed by atoms with E-state index in [1.165, 1.54) is 24.9 Å². The molecule has 98 valence electrons. The van der Waals surface area contributed by atoms with Crippen LogP contribution in [0.15, 0.2) is 24.3 Å². The van der Waals surface area contributed by atoms with E-state index in [1.54, 1.807) is 0 Å². The first-order valence-electron chi connectivity index (χ1n) is 7.04. The van der Waals surface area contributed by atoms with Crippen molar-refractivity contribution in [2.75, 3.05) is 11.1 Å². The molecule has 2 nitrogen and oxygen atoms in total. The standard InChI is InChI=1S/C16H24N2/c1-15(2)11-7-8-16(3,10-11)14(15)18-13-6-4-5-12(17)9-13/h4-6,9,11,14,18H,7-8,10,17H2,1-3H3. The van der Waals surface area contributed by atoms with Gasteiger partial charge >= 0.3 is 0 Å². The molecule has 1 aromatic rings. The van der Waals surface area contributed by atoms with Gasteiger partial charge in [-0.15, -0.1) is 0 Å². The van der Waals surface area contributed by atoms with Crippen molar-refractivity contribution >= 4 is 11.4 Å². The molecule has 3 atom stereocenters. The number of nitrogens with one attached hydrogen (secondary N) is 1. The minimum atomic E-state index is 0.387. The maximum atomic E-state index is 5.87. The molecule has 3 unspecified atom stereocenters. The first-order valence-corrected chi connectivity index (χ1v) is 7.04. The van der Waals surface area contributed by atoms with Gasteiger partial charge in [0, 0.05) is 17.4 Å². The second-order valence-electron chi connectivity index (χ2n) is 7.12. The molecule has 0 aliphatic heterocycles. The third-order valence-corrected chi connectivity index (χ3v) is 5.47. The third kappa shape index (κ3) is 1.62. The van der Waals surface area contributed by atoms with E-state index in [9.17, 15) is 0 Å².